The van der Waals surface area contributed by atoms with Crippen LogP contribution in [0.1, 0.15) is 24.0 Å². The number of aliphatic imine (C=N–C) groups is 1. The predicted octanol–water partition coefficient (Wildman–Crippen LogP) is 3.11. The van der Waals surface area contributed by atoms with Gasteiger partial charge in [-0.25, -0.2) is 4.98 Å². The maximum Gasteiger partial charge on any atom is 0.191 e. The van der Waals surface area contributed by atoms with E-state index >= 15 is 0 Å². The normalized spacial score (nSPS) is 17.2. The largest absolute Gasteiger partial charge is 0.355 e. The molecule has 0 radical (unpaired) electrons. The number of hydrogen-bond acceptors (Lipinski definition) is 3. The van der Waals surface area contributed by atoms with E-state index in [1.807, 2.05) is 19.6 Å². The minimum Gasteiger partial charge on any atom is -0.355 e. The molecule has 2 N–H and O–H groups in total. The highest BCUT2D eigenvalue weighted by atomic mass is 127. The molecular weight excluding hydrogens is 445 g/mol. The summed E-state index contributed by atoms with van der Waals surface area (Å²) in [4.78, 5) is 8.38. The maximum absolute atomic E-state index is 4.31. The molecule has 3 rings (SSSR count). The molecule has 0 bridgehead atoms. The second kappa shape index (κ2) is 10.7. The highest BCUT2D eigenvalue weighted by Crippen LogP contribution is 2.25. The van der Waals surface area contributed by atoms with Crippen LogP contribution >= 0.6 is 35.7 Å². The fraction of sp³-hybridized carbons (Fsp3) is 0.444. The highest BCUT2D eigenvalue weighted by Gasteiger charge is 2.15. The number of thioether (sulfide) groups is 1. The summed E-state index contributed by atoms with van der Waals surface area (Å²) in [7, 11) is 1.82. The van der Waals surface area contributed by atoms with Gasteiger partial charge in [-0.2, -0.15) is 11.8 Å². The molecular formula is C18H26IN5S. The molecule has 25 heavy (non-hydrogen) atoms. The predicted molar refractivity (Wildman–Crippen MR) is 117 cm³/mol. The summed E-state index contributed by atoms with van der Waals surface area (Å²) in [6.07, 6.45) is 8.28. The summed E-state index contributed by atoms with van der Waals surface area (Å²) in [5.74, 6) is 2.18. The maximum atomic E-state index is 4.31. The first-order valence-electron chi connectivity index (χ1n) is 8.43. The van der Waals surface area contributed by atoms with E-state index < -0.39 is 0 Å². The van der Waals surface area contributed by atoms with Gasteiger partial charge in [-0.15, -0.1) is 24.0 Å². The minimum absolute atomic E-state index is 0. The van der Waals surface area contributed by atoms with Crippen LogP contribution in [0, 0.1) is 0 Å². The van der Waals surface area contributed by atoms with Gasteiger partial charge in [0.25, 0.3) is 0 Å². The Balaban J connectivity index is 0.00000225. The monoisotopic (exact) mass is 471 g/mol. The molecule has 1 aliphatic rings. The van der Waals surface area contributed by atoms with Crippen molar-refractivity contribution in [2.24, 2.45) is 4.99 Å². The third-order valence-corrected chi connectivity index (χ3v) is 5.55. The van der Waals surface area contributed by atoms with E-state index in [0.717, 1.165) is 30.8 Å². The molecule has 2 aromatic rings. The van der Waals surface area contributed by atoms with Crippen LogP contribution in [-0.4, -0.2) is 40.1 Å². The molecule has 5 nitrogen and oxygen atoms in total. The number of imidazole rings is 1. The van der Waals surface area contributed by atoms with E-state index in [-0.39, 0.29) is 24.0 Å². The third kappa shape index (κ3) is 6.54. The van der Waals surface area contributed by atoms with Crippen molar-refractivity contribution in [3.05, 3.63) is 54.1 Å². The van der Waals surface area contributed by atoms with E-state index in [2.05, 4.69) is 61.2 Å². The van der Waals surface area contributed by atoms with Gasteiger partial charge < -0.3 is 15.2 Å². The van der Waals surface area contributed by atoms with Gasteiger partial charge in [-0.05, 0) is 29.7 Å². The SMILES string of the molecule is CN=C(NCc1ccc(Cn2ccnc2)cc1)NCC1CCCS1.I. The molecule has 0 amide bonds. The van der Waals surface area contributed by atoms with E-state index in [9.17, 15) is 0 Å². The number of hydrogen-bond donors (Lipinski definition) is 2. The van der Waals surface area contributed by atoms with Crippen molar-refractivity contribution >= 4 is 41.7 Å². The second-order valence-electron chi connectivity index (χ2n) is 5.99. The molecule has 1 aliphatic heterocycles. The smallest absolute Gasteiger partial charge is 0.191 e. The van der Waals surface area contributed by atoms with Crippen LogP contribution in [-0.2, 0) is 13.1 Å². The fourth-order valence-corrected chi connectivity index (χ4v) is 3.98. The Kier molecular flexibility index (Phi) is 8.60. The first-order valence-corrected chi connectivity index (χ1v) is 9.48. The molecule has 1 atom stereocenters. The Morgan fingerprint density at radius 2 is 2.08 bits per heavy atom. The molecule has 0 aliphatic carbocycles. The first kappa shape index (κ1) is 20.1. The van der Waals surface area contributed by atoms with Crippen molar-refractivity contribution in [1.82, 2.24) is 20.2 Å². The lowest BCUT2D eigenvalue weighted by Gasteiger charge is -2.15. The Bertz CT molecular complexity index is 636. The average Bonchev–Trinajstić information content (AvgIpc) is 3.30. The van der Waals surface area contributed by atoms with E-state index in [1.54, 1.807) is 6.20 Å². The lowest BCUT2D eigenvalue weighted by atomic mass is 10.1. The number of rotatable bonds is 6. The van der Waals surface area contributed by atoms with Crippen molar-refractivity contribution in [3.8, 4) is 0 Å². The van der Waals surface area contributed by atoms with Gasteiger partial charge in [0.15, 0.2) is 5.96 Å². The lowest BCUT2D eigenvalue weighted by Crippen LogP contribution is -2.39. The minimum atomic E-state index is 0. The second-order valence-corrected chi connectivity index (χ2v) is 7.40. The number of halogens is 1. The summed E-state index contributed by atoms with van der Waals surface area (Å²) in [6, 6.07) is 8.67. The van der Waals surface area contributed by atoms with Crippen molar-refractivity contribution in [2.45, 2.75) is 31.2 Å². The van der Waals surface area contributed by atoms with Crippen LogP contribution < -0.4 is 10.6 Å². The average molecular weight is 471 g/mol. The number of benzene rings is 1. The lowest BCUT2D eigenvalue weighted by molar-refractivity contribution is 0.726. The van der Waals surface area contributed by atoms with E-state index in [1.165, 1.54) is 29.7 Å². The molecule has 1 saturated heterocycles. The van der Waals surface area contributed by atoms with Gasteiger partial charge in [0.1, 0.15) is 0 Å². The summed E-state index contributed by atoms with van der Waals surface area (Å²) in [6.45, 7) is 2.63. The quantitative estimate of drug-likeness (QED) is 0.386. The van der Waals surface area contributed by atoms with E-state index in [0.29, 0.717) is 0 Å². The van der Waals surface area contributed by atoms with Crippen molar-refractivity contribution in [3.63, 3.8) is 0 Å². The Morgan fingerprint density at radius 3 is 2.72 bits per heavy atom. The van der Waals surface area contributed by atoms with Crippen LogP contribution in [0.15, 0.2) is 48.0 Å². The molecule has 1 unspecified atom stereocenters. The summed E-state index contributed by atoms with van der Waals surface area (Å²) in [5.41, 5.74) is 2.53. The number of nitrogens with zero attached hydrogens (tertiary/aromatic N) is 3. The highest BCUT2D eigenvalue weighted by molar-refractivity contribution is 14.0. The molecule has 1 aromatic carbocycles. The van der Waals surface area contributed by atoms with Crippen LogP contribution in [0.2, 0.25) is 0 Å². The Morgan fingerprint density at radius 1 is 1.28 bits per heavy atom. The van der Waals surface area contributed by atoms with Crippen LogP contribution in [0.5, 0.6) is 0 Å². The van der Waals surface area contributed by atoms with Gasteiger partial charge in [0.2, 0.25) is 0 Å². The molecule has 2 heterocycles. The van der Waals surface area contributed by atoms with Crippen molar-refractivity contribution < 1.29 is 0 Å². The summed E-state index contributed by atoms with van der Waals surface area (Å²) in [5, 5.41) is 7.55. The van der Waals surface area contributed by atoms with Gasteiger partial charge in [-0.1, -0.05) is 24.3 Å². The van der Waals surface area contributed by atoms with Gasteiger partial charge in [0.05, 0.1) is 6.33 Å². The molecule has 0 saturated carbocycles. The number of nitrogens with one attached hydrogen (secondary N) is 2. The topological polar surface area (TPSA) is 54.2 Å². The molecule has 0 spiro atoms. The van der Waals surface area contributed by atoms with Crippen molar-refractivity contribution in [1.29, 1.82) is 0 Å². The number of aromatic nitrogens is 2. The first-order chi connectivity index (χ1) is 11.8. The standard InChI is InChI=1S/C18H25N5S.HI/c1-19-18(22-12-17-3-2-10-24-17)21-11-15-4-6-16(7-5-15)13-23-9-8-20-14-23;/h4-9,14,17H,2-3,10-13H2,1H3,(H2,19,21,22);1H. The summed E-state index contributed by atoms with van der Waals surface area (Å²) >= 11 is 2.06. The van der Waals surface area contributed by atoms with Crippen molar-refractivity contribution in [2.75, 3.05) is 19.3 Å². The van der Waals surface area contributed by atoms with Crippen LogP contribution in [0.3, 0.4) is 0 Å². The molecule has 1 aromatic heterocycles. The Labute approximate surface area is 171 Å². The molecule has 136 valence electrons. The van der Waals surface area contributed by atoms with Crippen LogP contribution in [0.4, 0.5) is 0 Å². The molecule has 7 heteroatoms. The third-order valence-electron chi connectivity index (χ3n) is 4.15. The zero-order valence-electron chi connectivity index (χ0n) is 14.5. The number of guanidine groups is 1. The fourth-order valence-electron chi connectivity index (χ4n) is 2.78. The zero-order valence-corrected chi connectivity index (χ0v) is 17.7. The summed E-state index contributed by atoms with van der Waals surface area (Å²) < 4.78 is 2.07. The molecule has 1 fully saturated rings. The zero-order chi connectivity index (χ0) is 16.6. The van der Waals surface area contributed by atoms with Gasteiger partial charge in [-0.3, -0.25) is 4.99 Å². The van der Waals surface area contributed by atoms with Crippen LogP contribution in [0.25, 0.3) is 0 Å². The van der Waals surface area contributed by atoms with Gasteiger partial charge >= 0.3 is 0 Å². The van der Waals surface area contributed by atoms with Gasteiger partial charge in [0, 0.05) is 44.3 Å². The van der Waals surface area contributed by atoms with E-state index in [4.69, 9.17) is 0 Å². The Hall–Kier alpha value is -1.22.